The second kappa shape index (κ2) is 5.87. The van der Waals surface area contributed by atoms with Gasteiger partial charge in [-0.05, 0) is 13.8 Å². The predicted octanol–water partition coefficient (Wildman–Crippen LogP) is -0.130. The molecule has 1 amide bonds. The predicted molar refractivity (Wildman–Crippen MR) is 65.5 cm³/mol. The van der Waals surface area contributed by atoms with Gasteiger partial charge in [0, 0.05) is 17.7 Å². The van der Waals surface area contributed by atoms with Gasteiger partial charge in [-0.15, -0.1) is 5.10 Å². The molecule has 17 heavy (non-hydrogen) atoms. The Balaban J connectivity index is 2.70. The molecule has 0 saturated heterocycles. The van der Waals surface area contributed by atoms with Crippen LogP contribution in [0, 0.1) is 5.92 Å². The molecule has 0 aliphatic heterocycles. The fraction of sp³-hybridized carbons (Fsp3) is 0.667. The fourth-order valence-corrected chi connectivity index (χ4v) is 2.36. The lowest BCUT2D eigenvalue weighted by Gasteiger charge is -2.11. The Hall–Kier alpha value is -1.28. The number of hydrogen-bond donors (Lipinski definition) is 3. The van der Waals surface area contributed by atoms with E-state index in [1.54, 1.807) is 11.5 Å². The maximum atomic E-state index is 11.4. The van der Waals surface area contributed by atoms with Crippen LogP contribution in [0.2, 0.25) is 0 Å². The van der Waals surface area contributed by atoms with Crippen molar-refractivity contribution >= 4 is 17.7 Å². The highest BCUT2D eigenvalue weighted by atomic mass is 32.2. The summed E-state index contributed by atoms with van der Waals surface area (Å²) in [7, 11) is 0. The van der Waals surface area contributed by atoms with Crippen molar-refractivity contribution in [2.75, 3.05) is 5.75 Å². The van der Waals surface area contributed by atoms with Crippen LogP contribution in [0.25, 0.3) is 0 Å². The van der Waals surface area contributed by atoms with E-state index in [4.69, 9.17) is 5.84 Å². The molecule has 1 rings (SSSR count). The van der Waals surface area contributed by atoms with E-state index in [9.17, 15) is 9.59 Å². The van der Waals surface area contributed by atoms with E-state index in [1.807, 2.05) is 13.8 Å². The third kappa shape index (κ3) is 3.34. The molecule has 0 aliphatic carbocycles. The number of carbonyl (C=O) groups excluding carboxylic acids is 1. The summed E-state index contributed by atoms with van der Waals surface area (Å²) in [5.41, 5.74) is 1.86. The maximum Gasteiger partial charge on any atom is 0.344 e. The largest absolute Gasteiger partial charge is 0.344 e. The number of nitrogens with two attached hydrogens (primary N) is 1. The second-order valence-corrected chi connectivity index (χ2v) is 4.98. The first-order chi connectivity index (χ1) is 7.97. The molecule has 0 fully saturated rings. The SMILES string of the molecule is CC(CSc1n[nH]c(=O)n1C(C)C)C(=O)NN. The lowest BCUT2D eigenvalue weighted by atomic mass is 10.2. The minimum absolute atomic E-state index is 0.0300. The summed E-state index contributed by atoms with van der Waals surface area (Å²) in [6, 6.07) is 0.0300. The van der Waals surface area contributed by atoms with Crippen LogP contribution < -0.4 is 17.0 Å². The molecule has 7 nitrogen and oxygen atoms in total. The van der Waals surface area contributed by atoms with Crippen LogP contribution in [0.4, 0.5) is 0 Å². The minimum atomic E-state index is -0.239. The lowest BCUT2D eigenvalue weighted by molar-refractivity contribution is -0.123. The van der Waals surface area contributed by atoms with Gasteiger partial charge < -0.3 is 0 Å². The summed E-state index contributed by atoms with van der Waals surface area (Å²) in [5.74, 6) is 5.08. The smallest absolute Gasteiger partial charge is 0.294 e. The molecule has 1 aromatic heterocycles. The van der Waals surface area contributed by atoms with E-state index in [0.29, 0.717) is 10.9 Å². The van der Waals surface area contributed by atoms with Gasteiger partial charge >= 0.3 is 5.69 Å². The van der Waals surface area contributed by atoms with Gasteiger partial charge in [-0.1, -0.05) is 18.7 Å². The number of nitrogens with one attached hydrogen (secondary N) is 2. The highest BCUT2D eigenvalue weighted by Crippen LogP contribution is 2.19. The summed E-state index contributed by atoms with van der Waals surface area (Å²) in [5, 5.41) is 6.90. The van der Waals surface area contributed by atoms with E-state index in [1.165, 1.54) is 11.8 Å². The summed E-state index contributed by atoms with van der Waals surface area (Å²) < 4.78 is 1.55. The van der Waals surface area contributed by atoms with Gasteiger partial charge in [0.05, 0.1) is 0 Å². The van der Waals surface area contributed by atoms with Crippen molar-refractivity contribution in [1.82, 2.24) is 20.2 Å². The molecule has 1 unspecified atom stereocenters. The van der Waals surface area contributed by atoms with Crippen LogP contribution in [0.15, 0.2) is 9.95 Å². The van der Waals surface area contributed by atoms with Crippen molar-refractivity contribution in [1.29, 1.82) is 0 Å². The van der Waals surface area contributed by atoms with Crippen molar-refractivity contribution in [2.45, 2.75) is 32.0 Å². The van der Waals surface area contributed by atoms with Gasteiger partial charge in [0.2, 0.25) is 5.91 Å². The first-order valence-electron chi connectivity index (χ1n) is 5.27. The zero-order valence-corrected chi connectivity index (χ0v) is 10.9. The van der Waals surface area contributed by atoms with Gasteiger partial charge in [-0.25, -0.2) is 15.7 Å². The Morgan fingerprint density at radius 3 is 2.76 bits per heavy atom. The van der Waals surface area contributed by atoms with Crippen LogP contribution >= 0.6 is 11.8 Å². The number of nitrogens with zero attached hydrogens (tertiary/aromatic N) is 2. The van der Waals surface area contributed by atoms with Crippen molar-refractivity contribution in [3.8, 4) is 0 Å². The Morgan fingerprint density at radius 1 is 1.59 bits per heavy atom. The summed E-state index contributed by atoms with van der Waals surface area (Å²) in [6.45, 7) is 5.56. The number of rotatable bonds is 5. The Bertz CT molecular complexity index is 439. The number of hydrogen-bond acceptors (Lipinski definition) is 5. The molecule has 96 valence electrons. The number of carbonyl (C=O) groups is 1. The van der Waals surface area contributed by atoms with E-state index in [2.05, 4.69) is 15.6 Å². The van der Waals surface area contributed by atoms with Gasteiger partial charge in [0.25, 0.3) is 0 Å². The quantitative estimate of drug-likeness (QED) is 0.295. The highest BCUT2D eigenvalue weighted by Gasteiger charge is 2.16. The monoisotopic (exact) mass is 259 g/mol. The van der Waals surface area contributed by atoms with Gasteiger partial charge in [-0.2, -0.15) is 0 Å². The van der Waals surface area contributed by atoms with Crippen molar-refractivity contribution in [3.63, 3.8) is 0 Å². The van der Waals surface area contributed by atoms with Gasteiger partial charge in [0.15, 0.2) is 5.16 Å². The van der Waals surface area contributed by atoms with Crippen molar-refractivity contribution < 1.29 is 4.79 Å². The first-order valence-corrected chi connectivity index (χ1v) is 6.26. The molecular weight excluding hydrogens is 242 g/mol. The van der Waals surface area contributed by atoms with E-state index < -0.39 is 0 Å². The number of aromatic nitrogens is 3. The second-order valence-electron chi connectivity index (χ2n) is 4.00. The van der Waals surface area contributed by atoms with E-state index in [-0.39, 0.29) is 23.6 Å². The normalized spacial score (nSPS) is 12.8. The van der Waals surface area contributed by atoms with Crippen molar-refractivity contribution in [3.05, 3.63) is 10.5 Å². The third-order valence-electron chi connectivity index (χ3n) is 2.24. The lowest BCUT2D eigenvalue weighted by Crippen LogP contribution is -2.35. The molecule has 0 spiro atoms. The molecule has 0 saturated carbocycles. The van der Waals surface area contributed by atoms with Gasteiger partial charge in [0.1, 0.15) is 0 Å². The standard InChI is InChI=1S/C9H17N5O2S/c1-5(2)14-8(16)12-13-9(14)17-4-6(3)7(15)11-10/h5-6H,4,10H2,1-3H3,(H,11,15)(H,12,16). The van der Waals surface area contributed by atoms with Gasteiger partial charge in [-0.3, -0.25) is 14.8 Å². The summed E-state index contributed by atoms with van der Waals surface area (Å²) >= 11 is 1.35. The van der Waals surface area contributed by atoms with Crippen molar-refractivity contribution in [2.24, 2.45) is 11.8 Å². The average Bonchev–Trinajstić information content (AvgIpc) is 2.66. The number of H-pyrrole nitrogens is 1. The Morgan fingerprint density at radius 2 is 2.24 bits per heavy atom. The molecule has 8 heteroatoms. The average molecular weight is 259 g/mol. The minimum Gasteiger partial charge on any atom is -0.294 e. The molecule has 1 atom stereocenters. The van der Waals surface area contributed by atoms with Crippen LogP contribution in [-0.4, -0.2) is 26.4 Å². The molecule has 0 radical (unpaired) electrons. The number of aromatic amines is 1. The summed E-state index contributed by atoms with van der Waals surface area (Å²) in [6.07, 6.45) is 0. The molecule has 0 bridgehead atoms. The summed E-state index contributed by atoms with van der Waals surface area (Å²) in [4.78, 5) is 22.7. The molecule has 0 aromatic carbocycles. The maximum absolute atomic E-state index is 11.4. The molecule has 0 aliphatic rings. The van der Waals surface area contributed by atoms with Crippen LogP contribution in [0.1, 0.15) is 26.8 Å². The fourth-order valence-electron chi connectivity index (χ4n) is 1.26. The Labute approximate surface area is 103 Å². The first kappa shape index (κ1) is 13.8. The molecule has 1 aromatic rings. The number of amides is 1. The third-order valence-corrected chi connectivity index (χ3v) is 3.45. The van der Waals surface area contributed by atoms with E-state index in [0.717, 1.165) is 0 Å². The number of hydrazine groups is 1. The zero-order valence-electron chi connectivity index (χ0n) is 10.1. The Kier molecular flexibility index (Phi) is 4.76. The number of thioether (sulfide) groups is 1. The molecule has 4 N–H and O–H groups in total. The van der Waals surface area contributed by atoms with Crippen LogP contribution in [-0.2, 0) is 4.79 Å². The van der Waals surface area contributed by atoms with E-state index >= 15 is 0 Å². The molecule has 1 heterocycles. The molecular formula is C9H17N5O2S. The van der Waals surface area contributed by atoms with Crippen LogP contribution in [0.3, 0.4) is 0 Å². The van der Waals surface area contributed by atoms with Crippen LogP contribution in [0.5, 0.6) is 0 Å². The topological polar surface area (TPSA) is 106 Å². The zero-order chi connectivity index (χ0) is 13.0. The highest BCUT2D eigenvalue weighted by molar-refractivity contribution is 7.99.